The van der Waals surface area contributed by atoms with E-state index in [0.29, 0.717) is 28.8 Å². The average Bonchev–Trinajstić information content (AvgIpc) is 2.83. The number of aryl methyl sites for hydroxylation is 1. The van der Waals surface area contributed by atoms with Gasteiger partial charge in [0.1, 0.15) is 0 Å². The largest absolute Gasteiger partial charge is 0.243 e. The summed E-state index contributed by atoms with van der Waals surface area (Å²) in [5.41, 5.74) is 1.10. The Labute approximate surface area is 108 Å². The first-order valence-corrected chi connectivity index (χ1v) is 8.13. The van der Waals surface area contributed by atoms with Gasteiger partial charge < -0.3 is 0 Å². The first kappa shape index (κ1) is 11.0. The van der Waals surface area contributed by atoms with Gasteiger partial charge in [-0.15, -0.1) is 0 Å². The molecule has 4 atom stereocenters. The van der Waals surface area contributed by atoms with Gasteiger partial charge in [-0.1, -0.05) is 17.7 Å². The van der Waals surface area contributed by atoms with Crippen molar-refractivity contribution >= 4 is 10.0 Å². The predicted molar refractivity (Wildman–Crippen MR) is 68.6 cm³/mol. The lowest BCUT2D eigenvalue weighted by molar-refractivity contribution is 0.447. The van der Waals surface area contributed by atoms with Crippen molar-refractivity contribution in [2.45, 2.75) is 43.2 Å². The Kier molecular flexibility index (Phi) is 2.06. The third-order valence-corrected chi connectivity index (χ3v) is 6.83. The Morgan fingerprint density at radius 3 is 2.17 bits per heavy atom. The Morgan fingerprint density at radius 1 is 1.06 bits per heavy atom. The zero-order valence-corrected chi connectivity index (χ0v) is 11.2. The number of hydrogen-bond donors (Lipinski definition) is 0. The highest BCUT2D eigenvalue weighted by Crippen LogP contribution is 2.60. The molecule has 2 bridgehead atoms. The summed E-state index contributed by atoms with van der Waals surface area (Å²) in [5.74, 6) is 1.28. The van der Waals surface area contributed by atoms with Crippen LogP contribution >= 0.6 is 0 Å². The summed E-state index contributed by atoms with van der Waals surface area (Å²) < 4.78 is 26.9. The molecule has 3 aliphatic rings. The van der Waals surface area contributed by atoms with E-state index in [1.165, 1.54) is 19.3 Å². The molecule has 4 heteroatoms. The maximum atomic E-state index is 12.6. The lowest BCUT2D eigenvalue weighted by Crippen LogP contribution is -2.21. The van der Waals surface area contributed by atoms with E-state index in [9.17, 15) is 8.42 Å². The fraction of sp³-hybridized carbons (Fsp3) is 0.571. The number of nitrogens with zero attached hydrogens (tertiary/aromatic N) is 1. The van der Waals surface area contributed by atoms with Crippen molar-refractivity contribution in [2.24, 2.45) is 11.8 Å². The molecule has 0 spiro atoms. The molecule has 18 heavy (non-hydrogen) atoms. The Morgan fingerprint density at radius 2 is 1.61 bits per heavy atom. The fourth-order valence-electron chi connectivity index (χ4n) is 4.05. The summed E-state index contributed by atoms with van der Waals surface area (Å²) in [6.45, 7) is 1.97. The molecule has 0 amide bonds. The van der Waals surface area contributed by atoms with Crippen LogP contribution < -0.4 is 0 Å². The molecule has 3 fully saturated rings. The van der Waals surface area contributed by atoms with E-state index in [0.717, 1.165) is 5.56 Å². The molecule has 1 saturated heterocycles. The molecule has 4 rings (SSSR count). The quantitative estimate of drug-likeness (QED) is 0.767. The van der Waals surface area contributed by atoms with E-state index >= 15 is 0 Å². The maximum absolute atomic E-state index is 12.6. The van der Waals surface area contributed by atoms with Gasteiger partial charge in [0.15, 0.2) is 0 Å². The second-order valence-corrected chi connectivity index (χ2v) is 7.81. The van der Waals surface area contributed by atoms with Gasteiger partial charge in [-0.3, -0.25) is 0 Å². The highest BCUT2D eigenvalue weighted by Gasteiger charge is 2.68. The summed E-state index contributed by atoms with van der Waals surface area (Å²) >= 11 is 0. The third-order valence-electron chi connectivity index (χ3n) is 4.92. The monoisotopic (exact) mass is 263 g/mol. The van der Waals surface area contributed by atoms with Crippen LogP contribution in [0.1, 0.15) is 24.8 Å². The molecule has 0 unspecified atom stereocenters. The molecule has 1 aliphatic heterocycles. The first-order chi connectivity index (χ1) is 8.59. The van der Waals surface area contributed by atoms with Gasteiger partial charge in [-0.2, -0.15) is 4.31 Å². The molecule has 1 aromatic rings. The molecule has 96 valence electrons. The van der Waals surface area contributed by atoms with Crippen LogP contribution in [0.2, 0.25) is 0 Å². The highest BCUT2D eigenvalue weighted by molar-refractivity contribution is 7.89. The predicted octanol–water partition coefficient (Wildman–Crippen LogP) is 2.17. The molecule has 2 saturated carbocycles. The Balaban J connectivity index is 1.68. The van der Waals surface area contributed by atoms with Crippen molar-refractivity contribution in [3.05, 3.63) is 29.8 Å². The van der Waals surface area contributed by atoms with Gasteiger partial charge in [0.2, 0.25) is 10.0 Å². The number of fused-ring (bicyclic) bond motifs is 5. The lowest BCUT2D eigenvalue weighted by Gasteiger charge is -2.12. The average molecular weight is 263 g/mol. The molecule has 0 radical (unpaired) electrons. The molecular formula is C14H17NO2S. The molecule has 2 aliphatic carbocycles. The van der Waals surface area contributed by atoms with Crippen molar-refractivity contribution in [3.8, 4) is 0 Å². The minimum Gasteiger partial charge on any atom is -0.207 e. The third kappa shape index (κ3) is 1.30. The van der Waals surface area contributed by atoms with Gasteiger partial charge >= 0.3 is 0 Å². The van der Waals surface area contributed by atoms with Gasteiger partial charge in [-0.05, 0) is 50.2 Å². The number of piperidine rings is 1. The topological polar surface area (TPSA) is 37.1 Å². The van der Waals surface area contributed by atoms with Gasteiger partial charge in [0.25, 0.3) is 0 Å². The lowest BCUT2D eigenvalue weighted by atomic mass is 10.0. The summed E-state index contributed by atoms with van der Waals surface area (Å²) in [5, 5.41) is 0. The Hall–Kier alpha value is -0.870. The van der Waals surface area contributed by atoms with Gasteiger partial charge in [0.05, 0.1) is 4.90 Å². The molecule has 1 heterocycles. The minimum atomic E-state index is -3.23. The van der Waals surface area contributed by atoms with E-state index in [2.05, 4.69) is 0 Å². The number of sulfonamides is 1. The molecule has 0 N–H and O–H groups in total. The van der Waals surface area contributed by atoms with Crippen LogP contribution in [0.5, 0.6) is 0 Å². The van der Waals surface area contributed by atoms with E-state index in [4.69, 9.17) is 0 Å². The van der Waals surface area contributed by atoms with Gasteiger partial charge in [0, 0.05) is 12.1 Å². The smallest absolute Gasteiger partial charge is 0.207 e. The van der Waals surface area contributed by atoms with Crippen LogP contribution in [0, 0.1) is 18.8 Å². The standard InChI is InChI=1S/C14H17NO2S/c1-9-2-6-12(7-3-9)18(16,17)15-13-10-4-5-11(8-10)14(13)15/h2-3,6-7,10-11,13-14H,4-5,8H2,1H3/t10-,11-,13-,14-/m0/s1. The van der Waals surface area contributed by atoms with Crippen LogP contribution in [-0.2, 0) is 10.0 Å². The second-order valence-electron chi connectivity index (χ2n) is 5.96. The van der Waals surface area contributed by atoms with Crippen LogP contribution in [0.4, 0.5) is 0 Å². The second kappa shape index (κ2) is 3.36. The Bertz CT molecular complexity index is 577. The van der Waals surface area contributed by atoms with Crippen LogP contribution in [0.15, 0.2) is 29.2 Å². The van der Waals surface area contributed by atoms with Crippen LogP contribution in [0.3, 0.4) is 0 Å². The number of hydrogen-bond acceptors (Lipinski definition) is 2. The molecule has 0 aromatic heterocycles. The fourth-order valence-corrected chi connectivity index (χ4v) is 5.95. The summed E-state index contributed by atoms with van der Waals surface area (Å²) in [7, 11) is -3.23. The number of rotatable bonds is 2. The SMILES string of the molecule is Cc1ccc(S(=O)(=O)N2[C@H]3[C@H]4CC[C@@H](C4)[C@@H]32)cc1. The number of benzene rings is 1. The highest BCUT2D eigenvalue weighted by atomic mass is 32.2. The summed E-state index contributed by atoms with van der Waals surface area (Å²) in [4.78, 5) is 0.460. The zero-order valence-electron chi connectivity index (χ0n) is 10.4. The van der Waals surface area contributed by atoms with Crippen molar-refractivity contribution in [2.75, 3.05) is 0 Å². The van der Waals surface area contributed by atoms with Crippen molar-refractivity contribution < 1.29 is 8.42 Å². The van der Waals surface area contributed by atoms with Crippen molar-refractivity contribution in [1.82, 2.24) is 4.31 Å². The van der Waals surface area contributed by atoms with Crippen LogP contribution in [0.25, 0.3) is 0 Å². The zero-order chi connectivity index (χ0) is 12.5. The summed E-state index contributed by atoms with van der Waals surface area (Å²) in [6.07, 6.45) is 3.72. The molecule has 1 aromatic carbocycles. The first-order valence-electron chi connectivity index (χ1n) is 6.69. The molecule has 3 nitrogen and oxygen atoms in total. The summed E-state index contributed by atoms with van der Waals surface area (Å²) in [6, 6.07) is 7.88. The minimum absolute atomic E-state index is 0.329. The van der Waals surface area contributed by atoms with Crippen LogP contribution in [-0.4, -0.2) is 24.8 Å². The molecular weight excluding hydrogens is 246 g/mol. The van der Waals surface area contributed by atoms with E-state index in [1.807, 2.05) is 19.1 Å². The van der Waals surface area contributed by atoms with Crippen molar-refractivity contribution in [1.29, 1.82) is 0 Å². The van der Waals surface area contributed by atoms with Gasteiger partial charge in [-0.25, -0.2) is 8.42 Å². The maximum Gasteiger partial charge on any atom is 0.243 e. The van der Waals surface area contributed by atoms with E-state index < -0.39 is 10.0 Å². The normalized spacial score (nSPS) is 40.8. The van der Waals surface area contributed by atoms with E-state index in [1.54, 1.807) is 16.4 Å². The van der Waals surface area contributed by atoms with Crippen molar-refractivity contribution in [3.63, 3.8) is 0 Å². The van der Waals surface area contributed by atoms with E-state index in [-0.39, 0.29) is 0 Å².